The van der Waals surface area contributed by atoms with Gasteiger partial charge >= 0.3 is 0 Å². The number of para-hydroxylation sites is 3. The van der Waals surface area contributed by atoms with Gasteiger partial charge in [0, 0.05) is 33.4 Å². The molecule has 0 atom stereocenters. The Hall–Kier alpha value is -8.20. The molecule has 0 amide bonds. The van der Waals surface area contributed by atoms with Crippen LogP contribution in [0.15, 0.2) is 255 Å². The lowest BCUT2D eigenvalue weighted by Gasteiger charge is -2.27. The van der Waals surface area contributed by atoms with Crippen molar-refractivity contribution in [2.45, 2.75) is 0 Å². The van der Waals surface area contributed by atoms with E-state index in [4.69, 9.17) is 0 Å². The van der Waals surface area contributed by atoms with Crippen molar-refractivity contribution in [3.8, 4) is 61.3 Å². The number of fused-ring (bicyclic) bond motifs is 3. The highest BCUT2D eigenvalue weighted by atomic mass is 15.1. The summed E-state index contributed by atoms with van der Waals surface area (Å²) < 4.78 is 2.41. The lowest BCUT2D eigenvalue weighted by Crippen LogP contribution is -2.10. The summed E-state index contributed by atoms with van der Waals surface area (Å²) in [4.78, 5) is 2.38. The van der Waals surface area contributed by atoms with E-state index in [1.807, 2.05) is 0 Å². The van der Waals surface area contributed by atoms with E-state index in [1.54, 1.807) is 0 Å². The van der Waals surface area contributed by atoms with Crippen LogP contribution in [-0.2, 0) is 0 Å². The van der Waals surface area contributed by atoms with Crippen molar-refractivity contribution in [3.63, 3.8) is 0 Å². The molecule has 2 nitrogen and oxygen atoms in total. The quantitative estimate of drug-likeness (QED) is 0.141. The summed E-state index contributed by atoms with van der Waals surface area (Å²) in [5, 5.41) is 2.53. The van der Waals surface area contributed by atoms with Crippen LogP contribution in [0.25, 0.3) is 83.1 Å². The first-order valence-corrected chi connectivity index (χ1v) is 21.3. The molecular weight excluding hydrogens is 749 g/mol. The maximum Gasteiger partial charge on any atom is 0.0541 e. The molecule has 0 aliphatic rings. The fourth-order valence-corrected chi connectivity index (χ4v) is 8.96. The summed E-state index contributed by atoms with van der Waals surface area (Å²) in [6, 6.07) is 92.0. The van der Waals surface area contributed by atoms with Gasteiger partial charge in [-0.15, -0.1) is 0 Å². The molecule has 0 bridgehead atoms. The van der Waals surface area contributed by atoms with Gasteiger partial charge in [0.2, 0.25) is 0 Å². The van der Waals surface area contributed by atoms with Crippen molar-refractivity contribution in [3.05, 3.63) is 255 Å². The fourth-order valence-electron chi connectivity index (χ4n) is 8.96. The summed E-state index contributed by atoms with van der Waals surface area (Å²) in [5.74, 6) is 0. The van der Waals surface area contributed by atoms with Gasteiger partial charge in [-0.2, -0.15) is 0 Å². The van der Waals surface area contributed by atoms with Crippen molar-refractivity contribution < 1.29 is 0 Å². The number of anilines is 3. The predicted octanol–water partition coefficient (Wildman–Crippen LogP) is 16.6. The van der Waals surface area contributed by atoms with Gasteiger partial charge in [0.25, 0.3) is 0 Å². The minimum atomic E-state index is 1.09. The molecule has 0 radical (unpaired) electrons. The second-order valence-corrected chi connectivity index (χ2v) is 15.8. The number of hydrogen-bond acceptors (Lipinski definition) is 1. The molecule has 62 heavy (non-hydrogen) atoms. The van der Waals surface area contributed by atoms with Crippen LogP contribution in [0.1, 0.15) is 0 Å². The third kappa shape index (κ3) is 6.94. The van der Waals surface area contributed by atoms with Crippen LogP contribution >= 0.6 is 0 Å². The number of hydrogen-bond donors (Lipinski definition) is 0. The summed E-state index contributed by atoms with van der Waals surface area (Å²) in [7, 11) is 0. The maximum absolute atomic E-state index is 2.41. The van der Waals surface area contributed by atoms with E-state index < -0.39 is 0 Å². The zero-order valence-corrected chi connectivity index (χ0v) is 34.1. The number of nitrogens with zero attached hydrogens (tertiary/aromatic N) is 2. The highest BCUT2D eigenvalue weighted by Gasteiger charge is 2.18. The first-order valence-electron chi connectivity index (χ1n) is 21.3. The van der Waals surface area contributed by atoms with Crippen molar-refractivity contribution in [2.75, 3.05) is 4.90 Å². The van der Waals surface area contributed by atoms with E-state index in [2.05, 4.69) is 264 Å². The molecule has 292 valence electrons. The Labute approximate surface area is 362 Å². The van der Waals surface area contributed by atoms with Crippen molar-refractivity contribution in [1.29, 1.82) is 0 Å². The Morgan fingerprint density at radius 1 is 0.242 bits per heavy atom. The third-order valence-corrected chi connectivity index (χ3v) is 12.0. The van der Waals surface area contributed by atoms with E-state index in [0.29, 0.717) is 0 Å². The molecule has 0 spiro atoms. The van der Waals surface area contributed by atoms with Crippen molar-refractivity contribution in [2.24, 2.45) is 0 Å². The Kier molecular flexibility index (Phi) is 9.57. The second kappa shape index (κ2) is 16.1. The fraction of sp³-hybridized carbons (Fsp3) is 0. The number of benzene rings is 10. The molecule has 1 aromatic heterocycles. The van der Waals surface area contributed by atoms with Crippen LogP contribution < -0.4 is 4.90 Å². The Balaban J connectivity index is 0.975. The van der Waals surface area contributed by atoms with E-state index in [-0.39, 0.29) is 0 Å². The largest absolute Gasteiger partial charge is 0.310 e. The van der Waals surface area contributed by atoms with Gasteiger partial charge in [0.05, 0.1) is 16.7 Å². The minimum Gasteiger partial charge on any atom is -0.310 e. The molecular formula is C60H42N2. The standard InChI is InChI=1S/C60H42N2/c1-4-16-43(17-5-1)47-32-36-52(37-33-47)61(54-41-50(44-18-6-2-7-19-44)40-51(42-54)45-20-8-3-9-21-45)53-38-34-48(35-39-53)46-28-30-49(31-29-46)55-22-10-13-25-58(55)62-59-26-14-11-23-56(59)57-24-12-15-27-60(57)62/h1-42H. The van der Waals surface area contributed by atoms with E-state index >= 15 is 0 Å². The monoisotopic (exact) mass is 790 g/mol. The molecule has 0 saturated carbocycles. The zero-order valence-electron chi connectivity index (χ0n) is 34.1. The van der Waals surface area contributed by atoms with Gasteiger partial charge in [-0.3, -0.25) is 0 Å². The smallest absolute Gasteiger partial charge is 0.0541 e. The van der Waals surface area contributed by atoms with Crippen LogP contribution in [-0.4, -0.2) is 4.57 Å². The minimum absolute atomic E-state index is 1.09. The van der Waals surface area contributed by atoms with Gasteiger partial charge in [-0.25, -0.2) is 0 Å². The summed E-state index contributed by atoms with van der Waals surface area (Å²) in [5.41, 5.74) is 18.7. The molecule has 10 aromatic carbocycles. The molecule has 1 heterocycles. The van der Waals surface area contributed by atoms with Crippen LogP contribution in [0.4, 0.5) is 17.1 Å². The van der Waals surface area contributed by atoms with E-state index in [0.717, 1.165) is 17.1 Å². The lowest BCUT2D eigenvalue weighted by atomic mass is 9.97. The summed E-state index contributed by atoms with van der Waals surface area (Å²) >= 11 is 0. The predicted molar refractivity (Wildman–Crippen MR) is 263 cm³/mol. The van der Waals surface area contributed by atoms with Crippen molar-refractivity contribution >= 4 is 38.9 Å². The lowest BCUT2D eigenvalue weighted by molar-refractivity contribution is 1.18. The maximum atomic E-state index is 2.41. The van der Waals surface area contributed by atoms with Crippen LogP contribution in [0.5, 0.6) is 0 Å². The van der Waals surface area contributed by atoms with Crippen LogP contribution in [0.2, 0.25) is 0 Å². The highest BCUT2D eigenvalue weighted by Crippen LogP contribution is 2.42. The number of rotatable bonds is 9. The molecule has 0 aliphatic heterocycles. The first-order chi connectivity index (χ1) is 30.7. The molecule has 0 aliphatic carbocycles. The Bertz CT molecular complexity index is 3180. The van der Waals surface area contributed by atoms with Gasteiger partial charge < -0.3 is 9.47 Å². The van der Waals surface area contributed by atoms with Crippen molar-refractivity contribution in [1.82, 2.24) is 4.57 Å². The van der Waals surface area contributed by atoms with E-state index in [9.17, 15) is 0 Å². The van der Waals surface area contributed by atoms with Gasteiger partial charge in [0.15, 0.2) is 0 Å². The summed E-state index contributed by atoms with van der Waals surface area (Å²) in [6.07, 6.45) is 0. The molecule has 0 saturated heterocycles. The molecule has 11 aromatic rings. The average molecular weight is 791 g/mol. The average Bonchev–Trinajstić information content (AvgIpc) is 3.69. The molecule has 0 fully saturated rings. The first kappa shape index (κ1) is 36.8. The SMILES string of the molecule is c1ccc(-c2ccc(N(c3ccc(-c4ccc(-c5ccccc5-n5c6ccccc6c6ccccc65)cc4)cc3)c3cc(-c4ccccc4)cc(-c4ccccc4)c3)cc2)cc1. The summed E-state index contributed by atoms with van der Waals surface area (Å²) in [6.45, 7) is 0. The second-order valence-electron chi connectivity index (χ2n) is 15.8. The number of aromatic nitrogens is 1. The molecule has 0 unspecified atom stereocenters. The van der Waals surface area contributed by atoms with E-state index in [1.165, 1.54) is 83.1 Å². The normalized spacial score (nSPS) is 11.2. The van der Waals surface area contributed by atoms with Gasteiger partial charge in [-0.1, -0.05) is 194 Å². The molecule has 11 rings (SSSR count). The van der Waals surface area contributed by atoms with Gasteiger partial charge in [-0.05, 0) is 111 Å². The Morgan fingerprint density at radius 2 is 0.597 bits per heavy atom. The van der Waals surface area contributed by atoms with Crippen LogP contribution in [0.3, 0.4) is 0 Å². The third-order valence-electron chi connectivity index (χ3n) is 12.0. The topological polar surface area (TPSA) is 8.17 Å². The highest BCUT2D eigenvalue weighted by molar-refractivity contribution is 6.09. The zero-order chi connectivity index (χ0) is 41.2. The van der Waals surface area contributed by atoms with Gasteiger partial charge in [0.1, 0.15) is 0 Å². The van der Waals surface area contributed by atoms with Crippen LogP contribution in [0, 0.1) is 0 Å². The Morgan fingerprint density at radius 3 is 1.08 bits per heavy atom. The molecule has 0 N–H and O–H groups in total. The molecule has 2 heteroatoms.